The summed E-state index contributed by atoms with van der Waals surface area (Å²) in [6.07, 6.45) is 0.166. The van der Waals surface area contributed by atoms with E-state index in [0.29, 0.717) is 18.2 Å². The third-order valence-corrected chi connectivity index (χ3v) is 2.89. The maximum Gasteiger partial charge on any atom is 0.335 e. The van der Waals surface area contributed by atoms with E-state index in [2.05, 4.69) is 19.2 Å². The Kier molecular flexibility index (Phi) is 7.39. The van der Waals surface area contributed by atoms with Crippen LogP contribution in [-0.2, 0) is 19.1 Å². The predicted molar refractivity (Wildman–Crippen MR) is 82.6 cm³/mol. The normalized spacial score (nSPS) is 12.0. The van der Waals surface area contributed by atoms with Gasteiger partial charge in [0.05, 0.1) is 0 Å². The van der Waals surface area contributed by atoms with Crippen molar-refractivity contribution in [3.63, 3.8) is 0 Å². The van der Waals surface area contributed by atoms with Gasteiger partial charge in [-0.15, -0.1) is 0 Å². The van der Waals surface area contributed by atoms with Crippen molar-refractivity contribution in [1.29, 1.82) is 0 Å². The lowest BCUT2D eigenvalue weighted by Gasteiger charge is -2.13. The van der Waals surface area contributed by atoms with Crippen molar-refractivity contribution in [3.05, 3.63) is 24.3 Å². The molecule has 1 aromatic carbocycles. The second kappa shape index (κ2) is 9.04. The van der Waals surface area contributed by atoms with Crippen LogP contribution in [0, 0.1) is 5.92 Å². The van der Waals surface area contributed by atoms with Crippen LogP contribution in [0.25, 0.3) is 0 Å². The zero-order valence-electron chi connectivity index (χ0n) is 13.2. The van der Waals surface area contributed by atoms with Gasteiger partial charge in [0.15, 0.2) is 12.7 Å². The van der Waals surface area contributed by atoms with Crippen molar-refractivity contribution in [2.45, 2.75) is 33.3 Å². The number of carbonyl (C=O) groups excluding carboxylic acids is 2. The van der Waals surface area contributed by atoms with Crippen molar-refractivity contribution < 1.29 is 24.2 Å². The highest BCUT2D eigenvalue weighted by Crippen LogP contribution is 2.13. The second-order valence-electron chi connectivity index (χ2n) is 5.40. The van der Waals surface area contributed by atoms with Gasteiger partial charge >= 0.3 is 5.97 Å². The summed E-state index contributed by atoms with van der Waals surface area (Å²) in [7, 11) is 0. The fourth-order valence-electron chi connectivity index (χ4n) is 1.54. The van der Waals surface area contributed by atoms with Crippen molar-refractivity contribution >= 4 is 17.6 Å². The molecular weight excluding hydrogens is 286 g/mol. The van der Waals surface area contributed by atoms with Crippen LogP contribution in [0.2, 0.25) is 0 Å². The Hall–Kier alpha value is -2.08. The van der Waals surface area contributed by atoms with Crippen LogP contribution in [0.3, 0.4) is 0 Å². The van der Waals surface area contributed by atoms with Crippen LogP contribution in [0.1, 0.15) is 27.2 Å². The Labute approximate surface area is 130 Å². The van der Waals surface area contributed by atoms with E-state index in [1.165, 1.54) is 12.1 Å². The van der Waals surface area contributed by atoms with E-state index in [-0.39, 0.29) is 12.4 Å². The van der Waals surface area contributed by atoms with E-state index >= 15 is 0 Å². The Morgan fingerprint density at radius 2 is 1.82 bits per heavy atom. The fraction of sp³-hybridized carbons (Fsp3) is 0.500. The van der Waals surface area contributed by atoms with E-state index in [0.717, 1.165) is 6.42 Å². The van der Waals surface area contributed by atoms with Crippen LogP contribution in [0.15, 0.2) is 24.3 Å². The highest BCUT2D eigenvalue weighted by atomic mass is 16.6. The summed E-state index contributed by atoms with van der Waals surface area (Å²) < 4.78 is 10.2. The number of rotatable bonds is 8. The lowest BCUT2D eigenvalue weighted by Crippen LogP contribution is -2.28. The molecule has 0 radical (unpaired) electrons. The van der Waals surface area contributed by atoms with Crippen molar-refractivity contribution in [3.8, 4) is 5.75 Å². The molecule has 0 aliphatic heterocycles. The number of phenolic OH excluding ortho intramolecular Hbond substituents is 1. The third-order valence-electron chi connectivity index (χ3n) is 2.89. The number of anilines is 1. The molecule has 0 spiro atoms. The van der Waals surface area contributed by atoms with Crippen LogP contribution in [0.4, 0.5) is 5.69 Å². The molecule has 0 aromatic heterocycles. The van der Waals surface area contributed by atoms with Crippen molar-refractivity contribution in [2.75, 3.05) is 18.5 Å². The van der Waals surface area contributed by atoms with Crippen LogP contribution in [-0.4, -0.2) is 36.3 Å². The molecule has 0 aliphatic carbocycles. The van der Waals surface area contributed by atoms with E-state index in [1.807, 2.05) is 0 Å². The first kappa shape index (κ1) is 18.0. The van der Waals surface area contributed by atoms with Gasteiger partial charge in [-0.1, -0.05) is 13.8 Å². The number of nitrogens with one attached hydrogen (secondary N) is 1. The molecule has 0 bridgehead atoms. The predicted octanol–water partition coefficient (Wildman–Crippen LogP) is 2.33. The van der Waals surface area contributed by atoms with Gasteiger partial charge in [0, 0.05) is 12.3 Å². The molecule has 0 saturated carbocycles. The molecule has 122 valence electrons. The van der Waals surface area contributed by atoms with Gasteiger partial charge in [0.1, 0.15) is 5.75 Å². The zero-order chi connectivity index (χ0) is 16.5. The van der Waals surface area contributed by atoms with Crippen LogP contribution < -0.4 is 5.32 Å². The summed E-state index contributed by atoms with van der Waals surface area (Å²) >= 11 is 0. The number of hydrogen-bond acceptors (Lipinski definition) is 5. The van der Waals surface area contributed by atoms with Gasteiger partial charge in [0.2, 0.25) is 0 Å². The molecule has 6 heteroatoms. The monoisotopic (exact) mass is 309 g/mol. The fourth-order valence-corrected chi connectivity index (χ4v) is 1.54. The lowest BCUT2D eigenvalue weighted by atomic mass is 10.1. The molecule has 0 saturated heterocycles. The maximum absolute atomic E-state index is 11.7. The number of benzene rings is 1. The molecular formula is C16H23NO5. The molecule has 1 atom stereocenters. The summed E-state index contributed by atoms with van der Waals surface area (Å²) in [6, 6.07) is 6.00. The minimum atomic E-state index is -0.694. The topological polar surface area (TPSA) is 84.9 Å². The zero-order valence-corrected chi connectivity index (χ0v) is 13.2. The Morgan fingerprint density at radius 1 is 1.18 bits per heavy atom. The standard InChI is InChI=1S/C16H23NO5/c1-11(2)8-9-21-12(3)16(20)22-10-15(19)17-13-4-6-14(18)7-5-13/h4-7,11-12,18H,8-10H2,1-3H3,(H,17,19). The van der Waals surface area contributed by atoms with Crippen LogP contribution >= 0.6 is 0 Å². The molecule has 0 aliphatic rings. The number of carbonyl (C=O) groups is 2. The van der Waals surface area contributed by atoms with Crippen molar-refractivity contribution in [2.24, 2.45) is 5.92 Å². The Morgan fingerprint density at radius 3 is 2.41 bits per heavy atom. The molecule has 0 fully saturated rings. The van der Waals surface area contributed by atoms with Crippen molar-refractivity contribution in [1.82, 2.24) is 0 Å². The number of phenols is 1. The molecule has 1 rings (SSSR count). The molecule has 1 unspecified atom stereocenters. The Bertz CT molecular complexity index is 484. The molecule has 22 heavy (non-hydrogen) atoms. The minimum Gasteiger partial charge on any atom is -0.508 e. The number of aromatic hydroxyl groups is 1. The molecule has 6 nitrogen and oxygen atoms in total. The quantitative estimate of drug-likeness (QED) is 0.568. The molecule has 1 aromatic rings. The second-order valence-corrected chi connectivity index (χ2v) is 5.40. The number of hydrogen-bond donors (Lipinski definition) is 2. The minimum absolute atomic E-state index is 0.108. The van der Waals surface area contributed by atoms with Gasteiger partial charge < -0.3 is 19.9 Å². The molecule has 1 amide bonds. The number of amides is 1. The van der Waals surface area contributed by atoms with Gasteiger partial charge in [-0.05, 0) is 43.5 Å². The van der Waals surface area contributed by atoms with Crippen LogP contribution in [0.5, 0.6) is 5.75 Å². The lowest BCUT2D eigenvalue weighted by molar-refractivity contribution is -0.158. The van der Waals surface area contributed by atoms with Gasteiger partial charge in [-0.3, -0.25) is 4.79 Å². The average molecular weight is 309 g/mol. The summed E-state index contributed by atoms with van der Waals surface area (Å²) in [5.41, 5.74) is 0.514. The smallest absolute Gasteiger partial charge is 0.335 e. The first-order valence-electron chi connectivity index (χ1n) is 7.25. The third kappa shape index (κ3) is 7.08. The summed E-state index contributed by atoms with van der Waals surface area (Å²) in [4.78, 5) is 23.3. The molecule has 0 heterocycles. The van der Waals surface area contributed by atoms with Gasteiger partial charge in [0.25, 0.3) is 5.91 Å². The van der Waals surface area contributed by atoms with Gasteiger partial charge in [-0.25, -0.2) is 4.79 Å². The summed E-state index contributed by atoms with van der Waals surface area (Å²) in [5.74, 6) is -0.408. The van der Waals surface area contributed by atoms with E-state index in [1.54, 1.807) is 19.1 Å². The first-order valence-corrected chi connectivity index (χ1v) is 7.25. The summed E-state index contributed by atoms with van der Waals surface area (Å²) in [5, 5.41) is 11.7. The van der Waals surface area contributed by atoms with Gasteiger partial charge in [-0.2, -0.15) is 0 Å². The molecule has 2 N–H and O–H groups in total. The summed E-state index contributed by atoms with van der Waals surface area (Å²) in [6.45, 7) is 5.84. The SMILES string of the molecule is CC(C)CCOC(C)C(=O)OCC(=O)Nc1ccc(O)cc1. The van der Waals surface area contributed by atoms with E-state index in [4.69, 9.17) is 14.6 Å². The highest BCUT2D eigenvalue weighted by Gasteiger charge is 2.16. The average Bonchev–Trinajstić information content (AvgIpc) is 2.46. The highest BCUT2D eigenvalue weighted by molar-refractivity contribution is 5.93. The van der Waals surface area contributed by atoms with E-state index in [9.17, 15) is 9.59 Å². The number of esters is 1. The Balaban J connectivity index is 2.27. The maximum atomic E-state index is 11.7. The number of ether oxygens (including phenoxy) is 2. The first-order chi connectivity index (χ1) is 10.4. The largest absolute Gasteiger partial charge is 0.508 e. The van der Waals surface area contributed by atoms with E-state index < -0.39 is 18.0 Å².